The normalized spacial score (nSPS) is 15.0. The van der Waals surface area contributed by atoms with Crippen molar-refractivity contribution in [3.05, 3.63) is 74.4 Å². The Labute approximate surface area is 222 Å². The van der Waals surface area contributed by atoms with Gasteiger partial charge in [-0.1, -0.05) is 49.2 Å². The first-order chi connectivity index (χ1) is 16.8. The highest BCUT2D eigenvalue weighted by Gasteiger charge is 2.24. The van der Waals surface area contributed by atoms with Crippen LogP contribution in [0.1, 0.15) is 43.9 Å². The number of anilines is 1. The van der Waals surface area contributed by atoms with E-state index in [0.29, 0.717) is 41.9 Å². The second kappa shape index (κ2) is 11.8. The summed E-state index contributed by atoms with van der Waals surface area (Å²) in [5.74, 6) is 0.687. The average Bonchev–Trinajstić information content (AvgIpc) is 3.38. The minimum Gasteiger partial charge on any atom is -0.368 e. The molecule has 2 N–H and O–H groups in total. The van der Waals surface area contributed by atoms with Crippen LogP contribution in [0.3, 0.4) is 0 Å². The number of nitrogens with zero attached hydrogens (tertiary/aromatic N) is 2. The van der Waals surface area contributed by atoms with Gasteiger partial charge in [0.15, 0.2) is 0 Å². The molecule has 1 unspecified atom stereocenters. The lowest BCUT2D eigenvalue weighted by molar-refractivity contribution is -0.131. The van der Waals surface area contributed by atoms with Crippen LogP contribution in [0.25, 0.3) is 11.1 Å². The first-order valence-corrected chi connectivity index (χ1v) is 13.9. The number of thiophene rings is 1. The summed E-state index contributed by atoms with van der Waals surface area (Å²) < 4.78 is 0. The Morgan fingerprint density at radius 3 is 2.46 bits per heavy atom. The smallest absolute Gasteiger partial charge is 0.223 e. The summed E-state index contributed by atoms with van der Waals surface area (Å²) in [6.07, 6.45) is 2.00. The van der Waals surface area contributed by atoms with Crippen molar-refractivity contribution in [1.29, 1.82) is 0 Å². The van der Waals surface area contributed by atoms with E-state index in [9.17, 15) is 4.79 Å². The summed E-state index contributed by atoms with van der Waals surface area (Å²) in [7, 11) is 0. The molecule has 1 atom stereocenters. The monoisotopic (exact) mass is 529 g/mol. The van der Waals surface area contributed by atoms with Gasteiger partial charge in [0.1, 0.15) is 0 Å². The summed E-state index contributed by atoms with van der Waals surface area (Å²) in [4.78, 5) is 17.2. The number of amides is 1. The lowest BCUT2D eigenvalue weighted by Crippen LogP contribution is -2.49. The van der Waals surface area contributed by atoms with Gasteiger partial charge in [-0.2, -0.15) is 11.3 Å². The van der Waals surface area contributed by atoms with E-state index in [1.165, 1.54) is 22.4 Å². The molecule has 0 radical (unpaired) electrons. The largest absolute Gasteiger partial charge is 0.368 e. The van der Waals surface area contributed by atoms with Crippen molar-refractivity contribution in [2.75, 3.05) is 31.1 Å². The number of benzene rings is 2. The van der Waals surface area contributed by atoms with Crippen LogP contribution in [-0.4, -0.2) is 37.0 Å². The van der Waals surface area contributed by atoms with E-state index in [0.717, 1.165) is 25.1 Å². The Morgan fingerprint density at radius 1 is 1.03 bits per heavy atom. The van der Waals surface area contributed by atoms with Gasteiger partial charge >= 0.3 is 0 Å². The van der Waals surface area contributed by atoms with Crippen LogP contribution in [0.2, 0.25) is 10.0 Å². The predicted molar refractivity (Wildman–Crippen MR) is 150 cm³/mol. The molecular weight excluding hydrogens is 497 g/mol. The zero-order valence-corrected chi connectivity index (χ0v) is 22.7. The summed E-state index contributed by atoms with van der Waals surface area (Å²) in [5.41, 5.74) is 12.5. The molecule has 4 rings (SSSR count). The van der Waals surface area contributed by atoms with Gasteiger partial charge in [0.05, 0.1) is 0 Å². The molecule has 186 valence electrons. The minimum absolute atomic E-state index is 0.0210. The Hall–Kier alpha value is -2.05. The first kappa shape index (κ1) is 26.0. The van der Waals surface area contributed by atoms with Crippen LogP contribution in [0.15, 0.2) is 53.2 Å². The van der Waals surface area contributed by atoms with E-state index in [-0.39, 0.29) is 11.9 Å². The Morgan fingerprint density at radius 2 is 1.80 bits per heavy atom. The van der Waals surface area contributed by atoms with E-state index in [1.807, 2.05) is 17.0 Å². The van der Waals surface area contributed by atoms with Gasteiger partial charge < -0.3 is 15.5 Å². The van der Waals surface area contributed by atoms with Crippen molar-refractivity contribution < 1.29 is 4.79 Å². The third-order valence-corrected chi connectivity index (χ3v) is 7.87. The van der Waals surface area contributed by atoms with Crippen LogP contribution >= 0.6 is 34.5 Å². The fraction of sp³-hybridized carbons (Fsp3) is 0.393. The van der Waals surface area contributed by atoms with Gasteiger partial charge in [-0.05, 0) is 82.1 Å². The van der Waals surface area contributed by atoms with Gasteiger partial charge in [0.2, 0.25) is 5.91 Å². The number of hydrogen-bond donors (Lipinski definition) is 1. The van der Waals surface area contributed by atoms with E-state index in [1.54, 1.807) is 17.4 Å². The molecule has 7 heteroatoms. The number of carbonyl (C=O) groups excluding carboxylic acids is 1. The third kappa shape index (κ3) is 6.59. The molecule has 1 fully saturated rings. The molecule has 2 heterocycles. The molecule has 0 spiro atoms. The summed E-state index contributed by atoms with van der Waals surface area (Å²) in [5, 5.41) is 5.51. The lowest BCUT2D eigenvalue weighted by Gasteiger charge is -2.38. The fourth-order valence-electron chi connectivity index (χ4n) is 4.70. The summed E-state index contributed by atoms with van der Waals surface area (Å²) in [6.45, 7) is 7.43. The number of carbonyl (C=O) groups is 1. The van der Waals surface area contributed by atoms with Gasteiger partial charge in [-0.25, -0.2) is 0 Å². The van der Waals surface area contributed by atoms with Crippen molar-refractivity contribution >= 4 is 46.1 Å². The van der Waals surface area contributed by atoms with Crippen molar-refractivity contribution in [2.24, 2.45) is 11.7 Å². The topological polar surface area (TPSA) is 49.6 Å². The van der Waals surface area contributed by atoms with Crippen molar-refractivity contribution in [2.45, 2.75) is 39.2 Å². The second-order valence-corrected chi connectivity index (χ2v) is 11.2. The van der Waals surface area contributed by atoms with Gasteiger partial charge in [-0.3, -0.25) is 4.79 Å². The Balaban J connectivity index is 1.42. The molecule has 4 nitrogen and oxygen atoms in total. The maximum atomic E-state index is 12.9. The molecule has 1 aliphatic rings. The summed E-state index contributed by atoms with van der Waals surface area (Å²) >= 11 is 14.0. The zero-order chi connectivity index (χ0) is 24.9. The van der Waals surface area contributed by atoms with Crippen LogP contribution < -0.4 is 10.6 Å². The number of halogens is 2. The zero-order valence-electron chi connectivity index (χ0n) is 20.3. The number of piperazine rings is 1. The van der Waals surface area contributed by atoms with E-state index in [4.69, 9.17) is 28.9 Å². The number of nitrogens with two attached hydrogens (primary N) is 1. The van der Waals surface area contributed by atoms with Crippen molar-refractivity contribution in [1.82, 2.24) is 4.90 Å². The quantitative estimate of drug-likeness (QED) is 0.340. The Kier molecular flexibility index (Phi) is 8.77. The maximum absolute atomic E-state index is 12.9. The van der Waals surface area contributed by atoms with Crippen LogP contribution in [-0.2, 0) is 11.2 Å². The minimum atomic E-state index is -0.0210. The predicted octanol–water partition coefficient (Wildman–Crippen LogP) is 7.05. The molecule has 0 bridgehead atoms. The van der Waals surface area contributed by atoms with E-state index >= 15 is 0 Å². The molecule has 2 aromatic carbocycles. The van der Waals surface area contributed by atoms with Gasteiger partial charge in [0, 0.05) is 54.4 Å². The fourth-order valence-corrected chi connectivity index (χ4v) is 5.87. The highest BCUT2D eigenvalue weighted by atomic mass is 35.5. The maximum Gasteiger partial charge on any atom is 0.223 e. The molecule has 0 aliphatic carbocycles. The molecule has 1 aliphatic heterocycles. The van der Waals surface area contributed by atoms with Crippen molar-refractivity contribution in [3.63, 3.8) is 0 Å². The third-order valence-electron chi connectivity index (χ3n) is 6.60. The molecule has 0 saturated carbocycles. The van der Waals surface area contributed by atoms with Gasteiger partial charge in [-0.15, -0.1) is 0 Å². The molecule has 1 saturated heterocycles. The first-order valence-electron chi connectivity index (χ1n) is 12.2. The highest BCUT2D eigenvalue weighted by molar-refractivity contribution is 7.08. The van der Waals surface area contributed by atoms with E-state index in [2.05, 4.69) is 53.8 Å². The molecular formula is C28H33Cl2N3OS. The summed E-state index contributed by atoms with van der Waals surface area (Å²) in [6, 6.07) is 14.2. The van der Waals surface area contributed by atoms with Crippen LogP contribution in [0, 0.1) is 5.92 Å². The number of rotatable bonds is 8. The lowest BCUT2D eigenvalue weighted by atomic mass is 9.93. The van der Waals surface area contributed by atoms with Crippen LogP contribution in [0.5, 0.6) is 0 Å². The average molecular weight is 531 g/mol. The molecule has 35 heavy (non-hydrogen) atoms. The number of aryl methyl sites for hydroxylation is 1. The molecule has 1 amide bonds. The van der Waals surface area contributed by atoms with Crippen LogP contribution in [0.4, 0.5) is 5.69 Å². The number of hydrogen-bond acceptors (Lipinski definition) is 4. The molecule has 3 aromatic rings. The van der Waals surface area contributed by atoms with Crippen molar-refractivity contribution in [3.8, 4) is 11.1 Å². The standard InChI is InChI=1S/C28H33Cl2N3OS/c1-19(2)15-26(31)24-16-21(22-9-14-35-18-22)4-7-27(24)32-10-12-33(13-11-32)28(34)8-5-20-3-6-23(29)17-25(20)30/h3-4,6-7,9,14,16-19,26H,5,8,10-13,15,31H2,1-2H3. The van der Waals surface area contributed by atoms with E-state index < -0.39 is 0 Å². The SMILES string of the molecule is CC(C)CC(N)c1cc(-c2ccsc2)ccc1N1CCN(C(=O)CCc2ccc(Cl)cc2Cl)CC1. The Bertz CT molecular complexity index is 1140. The highest BCUT2D eigenvalue weighted by Crippen LogP contribution is 2.34. The second-order valence-electron chi connectivity index (χ2n) is 9.63. The van der Waals surface area contributed by atoms with Gasteiger partial charge in [0.25, 0.3) is 0 Å². The molecule has 1 aromatic heterocycles.